The molecule has 4 rings (SSSR count). The van der Waals surface area contributed by atoms with Crippen molar-refractivity contribution >= 4 is 42.4 Å². The lowest BCUT2D eigenvalue weighted by Crippen LogP contribution is -2.43. The Bertz CT molecular complexity index is 1180. The quantitative estimate of drug-likeness (QED) is 0.564. The van der Waals surface area contributed by atoms with Crippen LogP contribution in [0.4, 0.5) is 5.13 Å². The van der Waals surface area contributed by atoms with E-state index in [9.17, 15) is 13.2 Å². The van der Waals surface area contributed by atoms with Gasteiger partial charge in [-0.3, -0.25) is 14.6 Å². The number of anilines is 1. The van der Waals surface area contributed by atoms with Gasteiger partial charge >= 0.3 is 0 Å². The molecule has 164 valence electrons. The van der Waals surface area contributed by atoms with Crippen molar-refractivity contribution in [2.75, 3.05) is 50.5 Å². The third-order valence-electron chi connectivity index (χ3n) is 5.28. The normalized spacial score (nSPS) is 15.3. The molecular weight excluding hydrogens is 434 g/mol. The summed E-state index contributed by atoms with van der Waals surface area (Å²) in [6.07, 6.45) is 1.15. The highest BCUT2D eigenvalue weighted by Gasteiger charge is 2.23. The molecule has 1 saturated heterocycles. The van der Waals surface area contributed by atoms with Crippen molar-refractivity contribution in [3.05, 3.63) is 53.6 Å². The number of carbonyl (C=O) groups is 1. The number of nitrogens with zero attached hydrogens (tertiary/aromatic N) is 3. The van der Waals surface area contributed by atoms with Gasteiger partial charge < -0.3 is 4.74 Å². The Labute approximate surface area is 186 Å². The van der Waals surface area contributed by atoms with E-state index in [0.29, 0.717) is 37.0 Å². The fraction of sp³-hybridized carbons (Fsp3) is 0.364. The van der Waals surface area contributed by atoms with Crippen LogP contribution in [0, 0.1) is 6.92 Å². The minimum atomic E-state index is -3.32. The van der Waals surface area contributed by atoms with Gasteiger partial charge in [-0.05, 0) is 48.9 Å². The van der Waals surface area contributed by atoms with Crippen LogP contribution in [0.5, 0.6) is 0 Å². The first-order valence-corrected chi connectivity index (χ1v) is 12.8. The molecule has 1 aliphatic rings. The Morgan fingerprint density at radius 2 is 1.87 bits per heavy atom. The second-order valence-corrected chi connectivity index (χ2v) is 10.7. The predicted octanol–water partition coefficient (Wildman–Crippen LogP) is 2.99. The molecule has 0 aliphatic carbocycles. The highest BCUT2D eigenvalue weighted by molar-refractivity contribution is 7.90. The van der Waals surface area contributed by atoms with Gasteiger partial charge in [-0.25, -0.2) is 13.4 Å². The van der Waals surface area contributed by atoms with Crippen molar-refractivity contribution in [3.63, 3.8) is 0 Å². The van der Waals surface area contributed by atoms with Crippen LogP contribution in [0.2, 0.25) is 0 Å². The summed E-state index contributed by atoms with van der Waals surface area (Å²) < 4.78 is 30.0. The molecule has 1 aromatic heterocycles. The molecule has 3 aromatic rings. The first-order valence-electron chi connectivity index (χ1n) is 10.1. The topological polar surface area (TPSA) is 79.8 Å². The number of hydrogen-bond acceptors (Lipinski definition) is 7. The highest BCUT2D eigenvalue weighted by atomic mass is 32.2. The zero-order chi connectivity index (χ0) is 22.0. The Morgan fingerprint density at radius 3 is 2.55 bits per heavy atom. The zero-order valence-electron chi connectivity index (χ0n) is 17.6. The van der Waals surface area contributed by atoms with Crippen LogP contribution in [0.15, 0.2) is 47.4 Å². The van der Waals surface area contributed by atoms with E-state index < -0.39 is 9.84 Å². The summed E-state index contributed by atoms with van der Waals surface area (Å²) >= 11 is 1.49. The second kappa shape index (κ2) is 9.04. The van der Waals surface area contributed by atoms with Gasteiger partial charge in [-0.2, -0.15) is 0 Å². The molecular formula is C22H25N3O4S2. The first kappa shape index (κ1) is 21.9. The molecule has 0 saturated carbocycles. The molecule has 0 bridgehead atoms. The minimum absolute atomic E-state index is 0.191. The van der Waals surface area contributed by atoms with E-state index in [2.05, 4.69) is 11.0 Å². The average molecular weight is 460 g/mol. The van der Waals surface area contributed by atoms with Gasteiger partial charge in [-0.1, -0.05) is 17.4 Å². The molecule has 31 heavy (non-hydrogen) atoms. The van der Waals surface area contributed by atoms with Gasteiger partial charge in [0.25, 0.3) is 5.91 Å². The van der Waals surface area contributed by atoms with Crippen LogP contribution >= 0.6 is 11.3 Å². The number of thiazole rings is 1. The van der Waals surface area contributed by atoms with Crippen LogP contribution in [-0.2, 0) is 14.6 Å². The summed E-state index contributed by atoms with van der Waals surface area (Å²) in [5.41, 5.74) is 2.44. The highest BCUT2D eigenvalue weighted by Crippen LogP contribution is 2.30. The van der Waals surface area contributed by atoms with Crippen molar-refractivity contribution in [1.82, 2.24) is 9.88 Å². The maximum absolute atomic E-state index is 13.4. The van der Waals surface area contributed by atoms with Crippen LogP contribution in [0.3, 0.4) is 0 Å². The minimum Gasteiger partial charge on any atom is -0.379 e. The van der Waals surface area contributed by atoms with Gasteiger partial charge in [0.2, 0.25) is 0 Å². The summed E-state index contributed by atoms with van der Waals surface area (Å²) in [4.78, 5) is 22.3. The standard InChI is InChI=1S/C22H25N3O4S2/c1-16-3-8-19-20(15-16)30-22(23-19)25(10-9-24-11-13-29-14-12-24)21(26)17-4-6-18(7-5-17)31(2,27)28/h3-8,15H,9-14H2,1-2H3. The van der Waals surface area contributed by atoms with E-state index in [4.69, 9.17) is 9.72 Å². The molecule has 2 heterocycles. The summed E-state index contributed by atoms with van der Waals surface area (Å²) in [5.74, 6) is -0.191. The number of fused-ring (bicyclic) bond motifs is 1. The molecule has 2 aromatic carbocycles. The number of rotatable bonds is 6. The van der Waals surface area contributed by atoms with Gasteiger partial charge in [0.05, 0.1) is 28.3 Å². The second-order valence-electron chi connectivity index (χ2n) is 7.67. The molecule has 0 unspecified atom stereocenters. The summed E-state index contributed by atoms with van der Waals surface area (Å²) in [6, 6.07) is 12.1. The number of aryl methyl sites for hydroxylation is 1. The fourth-order valence-corrected chi connectivity index (χ4v) is 5.20. The van der Waals surface area contributed by atoms with Crippen molar-refractivity contribution < 1.29 is 17.9 Å². The number of benzene rings is 2. The maximum atomic E-state index is 13.4. The summed E-state index contributed by atoms with van der Waals surface area (Å²) in [7, 11) is -3.32. The first-order chi connectivity index (χ1) is 14.8. The van der Waals surface area contributed by atoms with E-state index in [1.807, 2.05) is 19.1 Å². The van der Waals surface area contributed by atoms with E-state index in [1.54, 1.807) is 17.0 Å². The number of ether oxygens (including phenoxy) is 1. The number of morpholine rings is 1. The van der Waals surface area contributed by atoms with Gasteiger partial charge in [0.1, 0.15) is 0 Å². The summed E-state index contributed by atoms with van der Waals surface area (Å²) in [5, 5.41) is 0.644. The van der Waals surface area contributed by atoms with Crippen LogP contribution in [-0.4, -0.2) is 69.9 Å². The van der Waals surface area contributed by atoms with Gasteiger partial charge in [-0.15, -0.1) is 0 Å². The van der Waals surface area contributed by atoms with Crippen LogP contribution < -0.4 is 4.90 Å². The lowest BCUT2D eigenvalue weighted by molar-refractivity contribution is 0.0391. The maximum Gasteiger partial charge on any atom is 0.260 e. The van der Waals surface area contributed by atoms with E-state index in [-0.39, 0.29) is 10.8 Å². The molecule has 1 fully saturated rings. The van der Waals surface area contributed by atoms with Crippen LogP contribution in [0.1, 0.15) is 15.9 Å². The number of carbonyl (C=O) groups excluding carboxylic acids is 1. The van der Waals surface area contributed by atoms with Gasteiger partial charge in [0, 0.05) is 38.0 Å². The van der Waals surface area contributed by atoms with Crippen molar-refractivity contribution in [1.29, 1.82) is 0 Å². The lowest BCUT2D eigenvalue weighted by Gasteiger charge is -2.29. The molecule has 1 aliphatic heterocycles. The number of hydrogen-bond donors (Lipinski definition) is 0. The van der Waals surface area contributed by atoms with Gasteiger partial charge in [0.15, 0.2) is 15.0 Å². The van der Waals surface area contributed by atoms with Crippen molar-refractivity contribution in [2.24, 2.45) is 0 Å². The Kier molecular flexibility index (Phi) is 6.38. The molecule has 0 radical (unpaired) electrons. The smallest absolute Gasteiger partial charge is 0.260 e. The molecule has 0 spiro atoms. The van der Waals surface area contributed by atoms with Crippen LogP contribution in [0.25, 0.3) is 10.2 Å². The summed E-state index contributed by atoms with van der Waals surface area (Å²) in [6.45, 7) is 6.30. The average Bonchev–Trinajstić information content (AvgIpc) is 3.16. The fourth-order valence-electron chi connectivity index (χ4n) is 3.49. The zero-order valence-corrected chi connectivity index (χ0v) is 19.2. The molecule has 7 nitrogen and oxygen atoms in total. The Hall–Kier alpha value is -2.33. The number of aromatic nitrogens is 1. The van der Waals surface area contributed by atoms with E-state index >= 15 is 0 Å². The molecule has 1 amide bonds. The predicted molar refractivity (Wildman–Crippen MR) is 123 cm³/mol. The third-order valence-corrected chi connectivity index (χ3v) is 7.45. The number of amides is 1. The van der Waals surface area contributed by atoms with E-state index in [0.717, 1.165) is 35.1 Å². The monoisotopic (exact) mass is 459 g/mol. The molecule has 0 N–H and O–H groups in total. The van der Waals surface area contributed by atoms with Crippen molar-refractivity contribution in [2.45, 2.75) is 11.8 Å². The molecule has 0 atom stereocenters. The molecule has 9 heteroatoms. The SMILES string of the molecule is Cc1ccc2nc(N(CCN3CCOCC3)C(=O)c3ccc(S(C)(=O)=O)cc3)sc2c1. The van der Waals surface area contributed by atoms with Crippen molar-refractivity contribution in [3.8, 4) is 0 Å². The number of sulfone groups is 1. The lowest BCUT2D eigenvalue weighted by atomic mass is 10.2. The van der Waals surface area contributed by atoms with E-state index in [1.165, 1.54) is 23.5 Å². The Morgan fingerprint density at radius 1 is 1.16 bits per heavy atom. The third kappa shape index (κ3) is 5.12. The Balaban J connectivity index is 1.63. The largest absolute Gasteiger partial charge is 0.379 e.